The van der Waals surface area contributed by atoms with Gasteiger partial charge in [-0.25, -0.2) is 0 Å². The van der Waals surface area contributed by atoms with Gasteiger partial charge in [-0.15, -0.1) is 0 Å². The highest BCUT2D eigenvalue weighted by molar-refractivity contribution is 9.10. The summed E-state index contributed by atoms with van der Waals surface area (Å²) < 4.78 is 5.41. The minimum absolute atomic E-state index is 0.523. The number of rotatable bonds is 1. The van der Waals surface area contributed by atoms with E-state index in [0.717, 1.165) is 10.0 Å². The van der Waals surface area contributed by atoms with Gasteiger partial charge in [0.2, 0.25) is 12.2 Å². The van der Waals surface area contributed by atoms with Crippen molar-refractivity contribution >= 4 is 27.5 Å². The molecule has 1 aromatic carbocycles. The van der Waals surface area contributed by atoms with Crippen LogP contribution in [0.2, 0.25) is 5.02 Å². The van der Waals surface area contributed by atoms with Crippen molar-refractivity contribution in [2.75, 3.05) is 0 Å². The molecule has 0 N–H and O–H groups in total. The van der Waals surface area contributed by atoms with Crippen LogP contribution in [0.1, 0.15) is 0 Å². The third kappa shape index (κ3) is 1.59. The summed E-state index contributed by atoms with van der Waals surface area (Å²) in [5.41, 5.74) is 0.821. The van der Waals surface area contributed by atoms with Gasteiger partial charge in [-0.1, -0.05) is 22.8 Å². The van der Waals surface area contributed by atoms with E-state index < -0.39 is 0 Å². The second kappa shape index (κ2) is 3.47. The van der Waals surface area contributed by atoms with Gasteiger partial charge in [0, 0.05) is 10.0 Å². The van der Waals surface area contributed by atoms with Gasteiger partial charge in [0.1, 0.15) is 0 Å². The second-order valence-electron chi connectivity index (χ2n) is 2.36. The molecule has 2 rings (SSSR count). The number of benzene rings is 1. The monoisotopic (exact) mass is 258 g/mol. The maximum Gasteiger partial charge on any atom is 0.214 e. The van der Waals surface area contributed by atoms with Crippen LogP contribution in [0.15, 0.2) is 33.6 Å². The predicted molar refractivity (Wildman–Crippen MR) is 52.4 cm³/mol. The molecular weight excluding hydrogens is 255 g/mol. The maximum atomic E-state index is 5.90. The summed E-state index contributed by atoms with van der Waals surface area (Å²) in [6.45, 7) is 0. The number of nitrogens with zero attached hydrogens (tertiary/aromatic N) is 2. The van der Waals surface area contributed by atoms with Gasteiger partial charge in [-0.2, -0.15) is 4.98 Å². The molecule has 0 atom stereocenters. The average molecular weight is 259 g/mol. The first-order valence-electron chi connectivity index (χ1n) is 3.50. The van der Waals surface area contributed by atoms with Gasteiger partial charge in [-0.05, 0) is 28.1 Å². The highest BCUT2D eigenvalue weighted by Gasteiger charge is 2.09. The molecule has 0 spiro atoms. The first-order chi connectivity index (χ1) is 6.29. The summed E-state index contributed by atoms with van der Waals surface area (Å²) in [5, 5.41) is 4.34. The Morgan fingerprint density at radius 2 is 2.23 bits per heavy atom. The highest BCUT2D eigenvalue weighted by atomic mass is 79.9. The largest absolute Gasteiger partial charge is 0.342 e. The lowest BCUT2D eigenvalue weighted by Gasteiger charge is -1.99. The molecule has 66 valence electrons. The van der Waals surface area contributed by atoms with E-state index in [1.54, 1.807) is 6.07 Å². The van der Waals surface area contributed by atoms with Gasteiger partial charge in [-0.3, -0.25) is 0 Å². The average Bonchev–Trinajstić information content (AvgIpc) is 2.62. The van der Waals surface area contributed by atoms with Crippen molar-refractivity contribution in [3.63, 3.8) is 0 Å². The summed E-state index contributed by atoms with van der Waals surface area (Å²) in [4.78, 5) is 3.92. The first-order valence-corrected chi connectivity index (χ1v) is 4.67. The summed E-state index contributed by atoms with van der Waals surface area (Å²) in [7, 11) is 0. The van der Waals surface area contributed by atoms with E-state index in [0.29, 0.717) is 10.8 Å². The van der Waals surface area contributed by atoms with Crippen LogP contribution in [0.25, 0.3) is 11.4 Å². The van der Waals surface area contributed by atoms with Crippen molar-refractivity contribution in [1.82, 2.24) is 10.1 Å². The van der Waals surface area contributed by atoms with Crippen molar-refractivity contribution in [1.29, 1.82) is 0 Å². The Kier molecular flexibility index (Phi) is 2.33. The zero-order valence-corrected chi connectivity index (χ0v) is 8.71. The predicted octanol–water partition coefficient (Wildman–Crippen LogP) is 3.15. The standard InChI is InChI=1S/C8H4BrClN2O/c9-7-5(2-1-3-6(7)10)8-11-4-13-12-8/h1-4H. The molecule has 0 amide bonds. The third-order valence-corrected chi connectivity index (χ3v) is 2.95. The molecule has 0 saturated carbocycles. The molecule has 0 fully saturated rings. The van der Waals surface area contributed by atoms with Crippen LogP contribution in [0, 0.1) is 0 Å². The molecule has 1 heterocycles. The smallest absolute Gasteiger partial charge is 0.214 e. The van der Waals surface area contributed by atoms with Crippen molar-refractivity contribution in [3.05, 3.63) is 34.1 Å². The molecule has 0 bridgehead atoms. The minimum atomic E-state index is 0.523. The number of halogens is 2. The molecule has 0 aliphatic carbocycles. The summed E-state index contributed by atoms with van der Waals surface area (Å²) >= 11 is 9.25. The quantitative estimate of drug-likeness (QED) is 0.790. The maximum absolute atomic E-state index is 5.90. The van der Waals surface area contributed by atoms with Gasteiger partial charge in [0.05, 0.1) is 5.02 Å². The summed E-state index contributed by atoms with van der Waals surface area (Å²) in [6.07, 6.45) is 1.28. The van der Waals surface area contributed by atoms with E-state index in [9.17, 15) is 0 Å². The Morgan fingerprint density at radius 3 is 2.92 bits per heavy atom. The van der Waals surface area contributed by atoms with E-state index in [1.165, 1.54) is 6.39 Å². The van der Waals surface area contributed by atoms with E-state index in [4.69, 9.17) is 11.6 Å². The Morgan fingerprint density at radius 1 is 1.38 bits per heavy atom. The van der Waals surface area contributed by atoms with E-state index >= 15 is 0 Å². The topological polar surface area (TPSA) is 38.9 Å². The zero-order valence-electron chi connectivity index (χ0n) is 6.37. The van der Waals surface area contributed by atoms with Crippen LogP contribution in [0.3, 0.4) is 0 Å². The Labute approximate surface area is 87.8 Å². The van der Waals surface area contributed by atoms with Crippen molar-refractivity contribution in [3.8, 4) is 11.4 Å². The number of hydrogen-bond acceptors (Lipinski definition) is 3. The fourth-order valence-electron chi connectivity index (χ4n) is 0.966. The lowest BCUT2D eigenvalue weighted by molar-refractivity contribution is 0.418. The molecule has 0 unspecified atom stereocenters. The fourth-order valence-corrected chi connectivity index (χ4v) is 1.58. The third-order valence-electron chi connectivity index (χ3n) is 1.55. The van der Waals surface area contributed by atoms with Crippen molar-refractivity contribution in [2.45, 2.75) is 0 Å². The van der Waals surface area contributed by atoms with Crippen LogP contribution < -0.4 is 0 Å². The van der Waals surface area contributed by atoms with E-state index in [1.807, 2.05) is 12.1 Å². The molecule has 5 heteroatoms. The van der Waals surface area contributed by atoms with E-state index in [-0.39, 0.29) is 0 Å². The van der Waals surface area contributed by atoms with Crippen LogP contribution in [-0.2, 0) is 0 Å². The van der Waals surface area contributed by atoms with Crippen LogP contribution >= 0.6 is 27.5 Å². The van der Waals surface area contributed by atoms with Crippen molar-refractivity contribution < 1.29 is 4.52 Å². The zero-order chi connectivity index (χ0) is 9.26. The lowest BCUT2D eigenvalue weighted by Crippen LogP contribution is -1.82. The normalized spacial score (nSPS) is 10.3. The SMILES string of the molecule is Clc1cccc(-c2ncon2)c1Br. The molecule has 0 radical (unpaired) electrons. The van der Waals surface area contributed by atoms with Crippen LogP contribution in [0.4, 0.5) is 0 Å². The van der Waals surface area contributed by atoms with Crippen molar-refractivity contribution in [2.24, 2.45) is 0 Å². The summed E-state index contributed by atoms with van der Waals surface area (Å²) in [6, 6.07) is 5.48. The van der Waals surface area contributed by atoms with Gasteiger partial charge < -0.3 is 4.52 Å². The minimum Gasteiger partial charge on any atom is -0.342 e. The first kappa shape index (κ1) is 8.72. The molecule has 3 nitrogen and oxygen atoms in total. The molecule has 0 saturated heterocycles. The van der Waals surface area contributed by atoms with Crippen LogP contribution in [0.5, 0.6) is 0 Å². The van der Waals surface area contributed by atoms with Crippen LogP contribution in [-0.4, -0.2) is 10.1 Å². The Bertz CT molecular complexity index is 416. The van der Waals surface area contributed by atoms with Gasteiger partial charge >= 0.3 is 0 Å². The molecule has 1 aromatic heterocycles. The number of hydrogen-bond donors (Lipinski definition) is 0. The Balaban J connectivity index is 2.59. The highest BCUT2D eigenvalue weighted by Crippen LogP contribution is 2.31. The summed E-state index contributed by atoms with van der Waals surface area (Å²) in [5.74, 6) is 0.523. The van der Waals surface area contributed by atoms with Gasteiger partial charge in [0.25, 0.3) is 0 Å². The molecule has 2 aromatic rings. The molecule has 0 aliphatic rings. The Hall–Kier alpha value is -0.870. The number of aromatic nitrogens is 2. The van der Waals surface area contributed by atoms with E-state index in [2.05, 4.69) is 30.6 Å². The molecule has 0 aliphatic heterocycles. The lowest BCUT2D eigenvalue weighted by atomic mass is 10.2. The van der Waals surface area contributed by atoms with Gasteiger partial charge in [0.15, 0.2) is 0 Å². The second-order valence-corrected chi connectivity index (χ2v) is 3.56. The molecular formula is C8H4BrClN2O. The molecule has 13 heavy (non-hydrogen) atoms. The fraction of sp³-hybridized carbons (Fsp3) is 0.